The fourth-order valence-corrected chi connectivity index (χ4v) is 3.26. The van der Waals surface area contributed by atoms with Gasteiger partial charge in [-0.25, -0.2) is 0 Å². The number of hydrogen-bond acceptors (Lipinski definition) is 4. The Balaban J connectivity index is 1.69. The largest absolute Gasteiger partial charge is 0.411 e. The van der Waals surface area contributed by atoms with Crippen LogP contribution in [0.2, 0.25) is 0 Å². The minimum absolute atomic E-state index is 0.147. The second-order valence-electron chi connectivity index (χ2n) is 6.57. The highest BCUT2D eigenvalue weighted by atomic mass is 19.4. The normalized spacial score (nSPS) is 15.1. The Morgan fingerprint density at radius 1 is 1.15 bits per heavy atom. The number of aromatic nitrogens is 1. The molecule has 1 aliphatic rings. The van der Waals surface area contributed by atoms with E-state index in [1.807, 2.05) is 18.2 Å². The van der Waals surface area contributed by atoms with Gasteiger partial charge >= 0.3 is 6.18 Å². The van der Waals surface area contributed by atoms with Crippen LogP contribution in [-0.2, 0) is 9.53 Å². The number of ether oxygens (including phenoxy) is 1. The van der Waals surface area contributed by atoms with Gasteiger partial charge in [-0.2, -0.15) is 13.2 Å². The Morgan fingerprint density at radius 3 is 2.67 bits per heavy atom. The van der Waals surface area contributed by atoms with Gasteiger partial charge in [0.1, 0.15) is 6.61 Å². The van der Waals surface area contributed by atoms with Crippen molar-refractivity contribution in [3.8, 4) is 0 Å². The summed E-state index contributed by atoms with van der Waals surface area (Å²) < 4.78 is 40.7. The molecule has 0 spiro atoms. The lowest BCUT2D eigenvalue weighted by atomic mass is 10.1. The van der Waals surface area contributed by atoms with Crippen LogP contribution in [0.1, 0.15) is 25.7 Å². The minimum atomic E-state index is -4.39. The maximum absolute atomic E-state index is 12.1. The molecule has 0 unspecified atom stereocenters. The number of halogens is 3. The Hall–Kier alpha value is -2.35. The first-order valence-corrected chi connectivity index (χ1v) is 9.00. The van der Waals surface area contributed by atoms with Crippen LogP contribution in [0.15, 0.2) is 30.6 Å². The predicted molar refractivity (Wildman–Crippen MR) is 97.9 cm³/mol. The first-order chi connectivity index (χ1) is 12.9. The number of anilines is 2. The lowest BCUT2D eigenvalue weighted by Gasteiger charge is -2.30. The van der Waals surface area contributed by atoms with Crippen molar-refractivity contribution in [3.63, 3.8) is 0 Å². The van der Waals surface area contributed by atoms with Crippen molar-refractivity contribution in [3.05, 3.63) is 30.6 Å². The molecule has 1 aromatic heterocycles. The van der Waals surface area contributed by atoms with E-state index in [0.29, 0.717) is 5.69 Å². The molecule has 1 fully saturated rings. The van der Waals surface area contributed by atoms with Gasteiger partial charge in [0.2, 0.25) is 5.91 Å². The second-order valence-corrected chi connectivity index (χ2v) is 6.57. The molecule has 3 rings (SSSR count). The standard InChI is InChI=1S/C19H22F3N3O2/c20-19(21,22)13-27-11-7-18(26)24-16-4-5-17(25-9-2-1-3-10-25)14-6-8-23-12-15(14)16/h4-6,8,12H,1-3,7,9-11,13H2,(H,24,26). The van der Waals surface area contributed by atoms with Gasteiger partial charge in [-0.05, 0) is 37.5 Å². The minimum Gasteiger partial charge on any atom is -0.372 e. The molecule has 8 heteroatoms. The van der Waals surface area contributed by atoms with Gasteiger partial charge in [-0.15, -0.1) is 0 Å². The summed E-state index contributed by atoms with van der Waals surface area (Å²) in [6, 6.07) is 5.72. The SMILES string of the molecule is O=C(CCOCC(F)(F)F)Nc1ccc(N2CCCCC2)c2ccncc12. The third-order valence-corrected chi connectivity index (χ3v) is 4.51. The van der Waals surface area contributed by atoms with Gasteiger partial charge in [-0.1, -0.05) is 0 Å². The van der Waals surface area contributed by atoms with Gasteiger partial charge in [0.25, 0.3) is 0 Å². The van der Waals surface area contributed by atoms with Crippen molar-refractivity contribution in [1.29, 1.82) is 0 Å². The molecule has 1 amide bonds. The van der Waals surface area contributed by atoms with E-state index in [2.05, 4.69) is 19.9 Å². The Bertz CT molecular complexity index is 789. The van der Waals surface area contributed by atoms with Crippen molar-refractivity contribution >= 4 is 28.1 Å². The van der Waals surface area contributed by atoms with Crippen LogP contribution in [-0.4, -0.2) is 43.4 Å². The highest BCUT2D eigenvalue weighted by Gasteiger charge is 2.27. The number of hydrogen-bond donors (Lipinski definition) is 1. The van der Waals surface area contributed by atoms with Crippen molar-refractivity contribution in [1.82, 2.24) is 4.98 Å². The summed E-state index contributed by atoms with van der Waals surface area (Å²) in [5, 5.41) is 4.56. The monoisotopic (exact) mass is 381 g/mol. The molecule has 0 atom stereocenters. The van der Waals surface area contributed by atoms with E-state index in [4.69, 9.17) is 0 Å². The topological polar surface area (TPSA) is 54.5 Å². The van der Waals surface area contributed by atoms with E-state index in [9.17, 15) is 18.0 Å². The maximum atomic E-state index is 12.1. The van der Waals surface area contributed by atoms with Gasteiger partial charge in [-0.3, -0.25) is 9.78 Å². The first-order valence-electron chi connectivity index (χ1n) is 9.00. The third-order valence-electron chi connectivity index (χ3n) is 4.51. The number of carbonyl (C=O) groups excluding carboxylic acids is 1. The lowest BCUT2D eigenvalue weighted by Crippen LogP contribution is -2.29. The van der Waals surface area contributed by atoms with Crippen molar-refractivity contribution in [2.75, 3.05) is 36.5 Å². The third kappa shape index (κ3) is 5.32. The highest BCUT2D eigenvalue weighted by Crippen LogP contribution is 2.33. The molecule has 0 saturated carbocycles. The Morgan fingerprint density at radius 2 is 1.93 bits per heavy atom. The summed E-state index contributed by atoms with van der Waals surface area (Å²) in [6.45, 7) is 0.365. The molecule has 1 N–H and O–H groups in total. The average molecular weight is 381 g/mol. The molecule has 1 saturated heterocycles. The highest BCUT2D eigenvalue weighted by molar-refractivity contribution is 6.06. The summed E-state index contributed by atoms with van der Waals surface area (Å²) in [7, 11) is 0. The van der Waals surface area contributed by atoms with Crippen LogP contribution in [0.3, 0.4) is 0 Å². The van der Waals surface area contributed by atoms with Crippen LogP contribution in [0.25, 0.3) is 10.8 Å². The Kier molecular flexibility index (Phi) is 6.15. The second kappa shape index (κ2) is 8.56. The van der Waals surface area contributed by atoms with Gasteiger partial charge < -0.3 is 15.0 Å². The molecule has 1 aliphatic heterocycles. The van der Waals surface area contributed by atoms with Crippen LogP contribution in [0, 0.1) is 0 Å². The fraction of sp³-hybridized carbons (Fsp3) is 0.474. The number of alkyl halides is 3. The zero-order chi connectivity index (χ0) is 19.3. The van der Waals surface area contributed by atoms with Crippen LogP contribution in [0.4, 0.5) is 24.5 Å². The maximum Gasteiger partial charge on any atom is 0.411 e. The molecule has 0 bridgehead atoms. The summed E-state index contributed by atoms with van der Waals surface area (Å²) in [4.78, 5) is 18.5. The van der Waals surface area contributed by atoms with E-state index in [1.165, 1.54) is 6.42 Å². The van der Waals surface area contributed by atoms with Crippen LogP contribution >= 0.6 is 0 Å². The summed E-state index contributed by atoms with van der Waals surface area (Å²) in [5.41, 5.74) is 1.71. The summed E-state index contributed by atoms with van der Waals surface area (Å²) in [5.74, 6) is -0.395. The smallest absolute Gasteiger partial charge is 0.372 e. The lowest BCUT2D eigenvalue weighted by molar-refractivity contribution is -0.174. The molecular weight excluding hydrogens is 359 g/mol. The summed E-state index contributed by atoms with van der Waals surface area (Å²) >= 11 is 0. The van der Waals surface area contributed by atoms with Gasteiger partial charge in [0.05, 0.1) is 18.7 Å². The van der Waals surface area contributed by atoms with Gasteiger partial charge in [0, 0.05) is 41.9 Å². The zero-order valence-electron chi connectivity index (χ0n) is 14.9. The van der Waals surface area contributed by atoms with Crippen molar-refractivity contribution < 1.29 is 22.7 Å². The Labute approximate surface area is 155 Å². The van der Waals surface area contributed by atoms with Crippen molar-refractivity contribution in [2.24, 2.45) is 0 Å². The molecule has 1 aromatic carbocycles. The zero-order valence-corrected chi connectivity index (χ0v) is 14.9. The van der Waals surface area contributed by atoms with Crippen molar-refractivity contribution in [2.45, 2.75) is 31.9 Å². The number of amides is 1. The molecule has 0 radical (unpaired) electrons. The average Bonchev–Trinajstić information content (AvgIpc) is 2.65. The number of nitrogens with zero attached hydrogens (tertiary/aromatic N) is 2. The molecule has 27 heavy (non-hydrogen) atoms. The van der Waals surface area contributed by atoms with E-state index in [0.717, 1.165) is 42.4 Å². The molecule has 2 aromatic rings. The predicted octanol–water partition coefficient (Wildman–Crippen LogP) is 4.13. The molecule has 2 heterocycles. The number of rotatable bonds is 6. The molecule has 0 aliphatic carbocycles. The molecule has 5 nitrogen and oxygen atoms in total. The molecule has 146 valence electrons. The fourth-order valence-electron chi connectivity index (χ4n) is 3.26. The van der Waals surface area contributed by atoms with E-state index in [-0.39, 0.29) is 13.0 Å². The first kappa shape index (κ1) is 19.4. The number of carbonyl (C=O) groups is 1. The number of benzene rings is 1. The quantitative estimate of drug-likeness (QED) is 0.765. The van der Waals surface area contributed by atoms with E-state index >= 15 is 0 Å². The number of piperidine rings is 1. The van der Waals surface area contributed by atoms with E-state index < -0.39 is 18.7 Å². The van der Waals surface area contributed by atoms with E-state index in [1.54, 1.807) is 12.4 Å². The number of fused-ring (bicyclic) bond motifs is 1. The van der Waals surface area contributed by atoms with Gasteiger partial charge in [0.15, 0.2) is 0 Å². The number of nitrogens with one attached hydrogen (secondary N) is 1. The number of pyridine rings is 1. The summed E-state index contributed by atoms with van der Waals surface area (Å²) in [6.07, 6.45) is 2.42. The molecular formula is C19H22F3N3O2. The van der Waals surface area contributed by atoms with Crippen LogP contribution < -0.4 is 10.2 Å². The van der Waals surface area contributed by atoms with Crippen LogP contribution in [0.5, 0.6) is 0 Å².